The molecule has 1 N–H and O–H groups in total. The summed E-state index contributed by atoms with van der Waals surface area (Å²) in [5, 5.41) is 8.30. The van der Waals surface area contributed by atoms with Crippen LogP contribution in [0.25, 0.3) is 22.5 Å². The summed E-state index contributed by atoms with van der Waals surface area (Å²) in [6, 6.07) is 12.2. The first-order chi connectivity index (χ1) is 11.8. The molecule has 7 heteroatoms. The molecule has 0 unspecified atom stereocenters. The minimum absolute atomic E-state index is 0.758. The highest BCUT2D eigenvalue weighted by Gasteiger charge is 2.13. The quantitative estimate of drug-likeness (QED) is 0.513. The van der Waals surface area contributed by atoms with Crippen molar-refractivity contribution < 1.29 is 0 Å². The number of aryl methyl sites for hydroxylation is 1. The Balaban J connectivity index is 1.51. The number of aromatic amines is 1. The van der Waals surface area contributed by atoms with Crippen LogP contribution in [0.3, 0.4) is 0 Å². The molecule has 0 aliphatic heterocycles. The van der Waals surface area contributed by atoms with Crippen molar-refractivity contribution in [3.63, 3.8) is 0 Å². The fourth-order valence-corrected chi connectivity index (χ4v) is 3.79. The Morgan fingerprint density at radius 1 is 1.12 bits per heavy atom. The lowest BCUT2D eigenvalue weighted by Gasteiger charge is -1.97. The molecule has 4 heterocycles. The van der Waals surface area contributed by atoms with Gasteiger partial charge in [-0.3, -0.25) is 4.40 Å². The zero-order chi connectivity index (χ0) is 16.1. The topological polar surface area (TPSA) is 63.3 Å². The maximum absolute atomic E-state index is 4.72. The SMILES string of the molecule is Cc1cccn2cc(CSc3n[nH]c4nc5ccccc5n34)nc12. The number of nitrogens with one attached hydrogen (secondary N) is 1. The molecule has 5 rings (SSSR count). The molecule has 24 heavy (non-hydrogen) atoms. The molecule has 118 valence electrons. The van der Waals surface area contributed by atoms with Crippen LogP contribution in [0.15, 0.2) is 53.9 Å². The van der Waals surface area contributed by atoms with Crippen LogP contribution in [0.5, 0.6) is 0 Å². The van der Waals surface area contributed by atoms with Gasteiger partial charge < -0.3 is 4.40 Å². The van der Waals surface area contributed by atoms with E-state index in [9.17, 15) is 0 Å². The second-order valence-electron chi connectivity index (χ2n) is 5.71. The fraction of sp³-hybridized carbons (Fsp3) is 0.118. The molecule has 0 bridgehead atoms. The van der Waals surface area contributed by atoms with Gasteiger partial charge in [-0.25, -0.2) is 15.1 Å². The van der Waals surface area contributed by atoms with Gasteiger partial charge in [0.1, 0.15) is 5.65 Å². The summed E-state index contributed by atoms with van der Waals surface area (Å²) < 4.78 is 4.12. The summed E-state index contributed by atoms with van der Waals surface area (Å²) in [6.45, 7) is 2.08. The monoisotopic (exact) mass is 334 g/mol. The average Bonchev–Trinajstić information content (AvgIpc) is 3.26. The molecular weight excluding hydrogens is 320 g/mol. The molecule has 0 aliphatic rings. The Labute approximate surface area is 141 Å². The third kappa shape index (κ3) is 2.01. The number of fused-ring (bicyclic) bond motifs is 4. The second-order valence-corrected chi connectivity index (χ2v) is 6.65. The number of benzene rings is 1. The number of hydrogen-bond acceptors (Lipinski definition) is 4. The molecule has 0 fully saturated rings. The number of aromatic nitrogens is 6. The van der Waals surface area contributed by atoms with E-state index in [-0.39, 0.29) is 0 Å². The van der Waals surface area contributed by atoms with Crippen molar-refractivity contribution in [2.45, 2.75) is 17.8 Å². The molecule has 0 saturated heterocycles. The molecule has 1 aromatic carbocycles. The van der Waals surface area contributed by atoms with Gasteiger partial charge in [-0.1, -0.05) is 30.0 Å². The number of para-hydroxylation sites is 2. The number of hydrogen-bond donors (Lipinski definition) is 1. The number of nitrogens with zero attached hydrogens (tertiary/aromatic N) is 5. The lowest BCUT2D eigenvalue weighted by molar-refractivity contribution is 0.939. The van der Waals surface area contributed by atoms with Crippen LogP contribution in [-0.2, 0) is 5.75 Å². The van der Waals surface area contributed by atoms with Crippen molar-refractivity contribution in [3.05, 3.63) is 60.0 Å². The Morgan fingerprint density at radius 2 is 2.04 bits per heavy atom. The van der Waals surface area contributed by atoms with Crippen molar-refractivity contribution in [3.8, 4) is 0 Å². The number of pyridine rings is 1. The zero-order valence-corrected chi connectivity index (χ0v) is 13.8. The van der Waals surface area contributed by atoms with Crippen molar-refractivity contribution in [2.24, 2.45) is 0 Å². The summed E-state index contributed by atoms with van der Waals surface area (Å²) in [5.74, 6) is 1.53. The predicted octanol–water partition coefficient (Wildman–Crippen LogP) is 3.46. The van der Waals surface area contributed by atoms with Crippen LogP contribution >= 0.6 is 11.8 Å². The molecule has 0 atom stereocenters. The van der Waals surface area contributed by atoms with Gasteiger partial charge in [-0.2, -0.15) is 0 Å². The van der Waals surface area contributed by atoms with Crippen LogP contribution < -0.4 is 0 Å². The minimum Gasteiger partial charge on any atom is -0.307 e. The Kier molecular flexibility index (Phi) is 2.90. The molecule has 6 nitrogen and oxygen atoms in total. The lowest BCUT2D eigenvalue weighted by Crippen LogP contribution is -1.87. The van der Waals surface area contributed by atoms with Crippen molar-refractivity contribution in [2.75, 3.05) is 0 Å². The minimum atomic E-state index is 0.758. The van der Waals surface area contributed by atoms with Gasteiger partial charge in [0.25, 0.3) is 0 Å². The Bertz CT molecular complexity index is 1180. The van der Waals surface area contributed by atoms with E-state index >= 15 is 0 Å². The first-order valence-corrected chi connectivity index (χ1v) is 8.66. The molecule has 4 aromatic heterocycles. The van der Waals surface area contributed by atoms with E-state index in [1.54, 1.807) is 11.8 Å². The summed E-state index contributed by atoms with van der Waals surface area (Å²) in [7, 11) is 0. The number of rotatable bonds is 3. The number of thioether (sulfide) groups is 1. The number of imidazole rings is 2. The largest absolute Gasteiger partial charge is 0.307 e. The highest BCUT2D eigenvalue weighted by Crippen LogP contribution is 2.25. The maximum Gasteiger partial charge on any atom is 0.231 e. The van der Waals surface area contributed by atoms with Gasteiger partial charge in [0, 0.05) is 18.1 Å². The first-order valence-electron chi connectivity index (χ1n) is 7.67. The molecule has 5 aromatic rings. The number of H-pyrrole nitrogens is 1. The molecule has 0 spiro atoms. The third-order valence-corrected chi connectivity index (χ3v) is 5.05. The van der Waals surface area contributed by atoms with E-state index in [2.05, 4.69) is 49.2 Å². The van der Waals surface area contributed by atoms with Crippen LogP contribution in [0, 0.1) is 6.92 Å². The van der Waals surface area contributed by atoms with Gasteiger partial charge in [-0.05, 0) is 30.7 Å². The third-order valence-electron chi connectivity index (χ3n) is 4.08. The van der Waals surface area contributed by atoms with Crippen molar-refractivity contribution >= 4 is 34.2 Å². The standard InChI is InChI=1S/C17H14N6S/c1-11-5-4-8-22-9-12(18-15(11)22)10-24-17-21-20-16-19-13-6-2-3-7-14(13)23(16)17/h2-9H,10H2,1H3,(H,19,20). The highest BCUT2D eigenvalue weighted by atomic mass is 32.2. The van der Waals surface area contributed by atoms with Crippen molar-refractivity contribution in [1.82, 2.24) is 29.0 Å². The van der Waals surface area contributed by atoms with Crippen LogP contribution in [0.4, 0.5) is 0 Å². The average molecular weight is 334 g/mol. The van der Waals surface area contributed by atoms with Gasteiger partial charge in [0.05, 0.1) is 16.7 Å². The highest BCUT2D eigenvalue weighted by molar-refractivity contribution is 7.98. The Morgan fingerprint density at radius 3 is 2.96 bits per heavy atom. The summed E-state index contributed by atoms with van der Waals surface area (Å²) in [6.07, 6.45) is 4.10. The summed E-state index contributed by atoms with van der Waals surface area (Å²) in [5.41, 5.74) is 5.26. The first kappa shape index (κ1) is 13.6. The lowest BCUT2D eigenvalue weighted by atomic mass is 10.3. The van der Waals surface area contributed by atoms with E-state index in [0.29, 0.717) is 0 Å². The van der Waals surface area contributed by atoms with E-state index < -0.39 is 0 Å². The van der Waals surface area contributed by atoms with Gasteiger partial charge >= 0.3 is 0 Å². The molecule has 0 aliphatic carbocycles. The van der Waals surface area contributed by atoms with Gasteiger partial charge in [0.15, 0.2) is 5.16 Å². The summed E-state index contributed by atoms with van der Waals surface area (Å²) >= 11 is 1.66. The maximum atomic E-state index is 4.72. The van der Waals surface area contributed by atoms with E-state index in [1.807, 2.05) is 30.5 Å². The predicted molar refractivity (Wildman–Crippen MR) is 94.3 cm³/mol. The summed E-state index contributed by atoms with van der Waals surface area (Å²) in [4.78, 5) is 9.27. The van der Waals surface area contributed by atoms with Crippen LogP contribution in [-0.4, -0.2) is 29.0 Å². The van der Waals surface area contributed by atoms with Crippen LogP contribution in [0.2, 0.25) is 0 Å². The second kappa shape index (κ2) is 5.10. The zero-order valence-electron chi connectivity index (χ0n) is 13.0. The molecular formula is C17H14N6S. The fourth-order valence-electron chi connectivity index (χ4n) is 2.95. The molecule has 0 amide bonds. The molecule has 0 saturated carbocycles. The molecule has 0 radical (unpaired) electrons. The van der Waals surface area contributed by atoms with Gasteiger partial charge in [-0.15, -0.1) is 5.10 Å². The normalized spacial score (nSPS) is 11.9. The van der Waals surface area contributed by atoms with E-state index in [4.69, 9.17) is 4.98 Å². The van der Waals surface area contributed by atoms with Crippen LogP contribution in [0.1, 0.15) is 11.3 Å². The van der Waals surface area contributed by atoms with E-state index in [0.717, 1.165) is 39.1 Å². The van der Waals surface area contributed by atoms with E-state index in [1.165, 1.54) is 5.56 Å². The van der Waals surface area contributed by atoms with Crippen molar-refractivity contribution in [1.29, 1.82) is 0 Å². The smallest absolute Gasteiger partial charge is 0.231 e. The Hall–Kier alpha value is -2.80. The van der Waals surface area contributed by atoms with Gasteiger partial charge in [0.2, 0.25) is 5.78 Å².